The van der Waals surface area contributed by atoms with Crippen LogP contribution in [0.3, 0.4) is 0 Å². The number of anilines is 3. The van der Waals surface area contributed by atoms with E-state index >= 15 is 0 Å². The van der Waals surface area contributed by atoms with E-state index in [9.17, 15) is 4.79 Å². The minimum Gasteiger partial charge on any atom is -0.311 e. The minimum atomic E-state index is 0.674. The highest BCUT2D eigenvalue weighted by atomic mass is 16.1. The molecule has 0 N–H and O–H groups in total. The first-order valence-corrected chi connectivity index (χ1v) is 6.75. The minimum absolute atomic E-state index is 0.674. The Kier molecular flexibility index (Phi) is 3.79. The van der Waals surface area contributed by atoms with Gasteiger partial charge in [-0.3, -0.25) is 4.79 Å². The Morgan fingerprint density at radius 3 is 1.90 bits per heavy atom. The van der Waals surface area contributed by atoms with E-state index in [1.165, 1.54) is 0 Å². The monoisotopic (exact) mass is 272 g/mol. The van der Waals surface area contributed by atoms with Gasteiger partial charge in [0.2, 0.25) is 0 Å². The molecule has 0 heterocycles. The van der Waals surface area contributed by atoms with Gasteiger partial charge >= 0.3 is 0 Å². The van der Waals surface area contributed by atoms with Crippen molar-refractivity contribution in [1.82, 2.24) is 0 Å². The van der Waals surface area contributed by atoms with E-state index in [0.717, 1.165) is 23.3 Å². The van der Waals surface area contributed by atoms with Crippen LogP contribution in [0.15, 0.2) is 78.9 Å². The molecule has 0 aromatic heterocycles. The first kappa shape index (κ1) is 13.1. The second-order valence-corrected chi connectivity index (χ2v) is 4.64. The predicted octanol–water partition coefficient (Wildman–Crippen LogP) is 4.77. The third kappa shape index (κ3) is 2.84. The van der Waals surface area contributed by atoms with Gasteiger partial charge in [-0.25, -0.2) is 0 Å². The van der Waals surface area contributed by atoms with Crippen LogP contribution in [0.5, 0.6) is 0 Å². The van der Waals surface area contributed by atoms with E-state index in [4.69, 9.17) is 0 Å². The topological polar surface area (TPSA) is 20.3 Å². The molecular weight excluding hydrogens is 258 g/mol. The predicted molar refractivity (Wildman–Crippen MR) is 85.3 cm³/mol. The van der Waals surface area contributed by atoms with Crippen molar-refractivity contribution in [3.8, 4) is 0 Å². The lowest BCUT2D eigenvalue weighted by Gasteiger charge is -2.25. The second-order valence-electron chi connectivity index (χ2n) is 4.64. The lowest BCUT2D eigenvalue weighted by Crippen LogP contribution is -2.09. The zero-order valence-corrected chi connectivity index (χ0v) is 11.4. The molecule has 3 aromatic rings. The Labute approximate surface area is 124 Å². The van der Waals surface area contributed by atoms with Crippen LogP contribution in [-0.4, -0.2) is 6.29 Å². The molecule has 2 nitrogen and oxygen atoms in total. The summed E-state index contributed by atoms with van der Waals surface area (Å²) in [6.45, 7) is 0. The fourth-order valence-corrected chi connectivity index (χ4v) is 2.25. The highest BCUT2D eigenvalue weighted by Gasteiger charge is 2.11. The molecule has 0 atom stereocenters. The summed E-state index contributed by atoms with van der Waals surface area (Å²) in [6.07, 6.45) is 0.855. The van der Waals surface area contributed by atoms with Gasteiger partial charge in [0.15, 0.2) is 0 Å². The summed E-state index contributed by atoms with van der Waals surface area (Å²) in [6, 6.07) is 28.5. The molecule has 0 amide bonds. The number of nitrogens with zero attached hydrogens (tertiary/aromatic N) is 1. The molecule has 3 aromatic carbocycles. The van der Waals surface area contributed by atoms with Crippen LogP contribution in [0.2, 0.25) is 0 Å². The molecule has 1 radical (unpaired) electrons. The molecule has 0 fully saturated rings. The van der Waals surface area contributed by atoms with Gasteiger partial charge < -0.3 is 4.90 Å². The van der Waals surface area contributed by atoms with Crippen molar-refractivity contribution in [2.75, 3.05) is 4.90 Å². The van der Waals surface area contributed by atoms with E-state index in [1.54, 1.807) is 0 Å². The Hall–Kier alpha value is -2.87. The van der Waals surface area contributed by atoms with Gasteiger partial charge in [-0.15, -0.1) is 0 Å². The highest BCUT2D eigenvalue weighted by Crippen LogP contribution is 2.33. The van der Waals surface area contributed by atoms with E-state index in [1.807, 2.05) is 66.7 Å². The van der Waals surface area contributed by atoms with Gasteiger partial charge in [0.1, 0.15) is 6.29 Å². The molecule has 0 aliphatic carbocycles. The first-order valence-electron chi connectivity index (χ1n) is 6.75. The lowest BCUT2D eigenvalue weighted by atomic mass is 10.1. The SMILES string of the molecule is O=Cc1ccc(N(c2cc[c]cc2)c2ccccc2)cc1. The standard InChI is InChI=1S/C19H14NO/c21-15-16-11-13-19(14-12-16)20(17-7-3-1-4-8-17)18-9-5-2-6-10-18/h1,3-15H. The van der Waals surface area contributed by atoms with Crippen LogP contribution in [-0.2, 0) is 0 Å². The van der Waals surface area contributed by atoms with Crippen molar-refractivity contribution in [2.24, 2.45) is 0 Å². The summed E-state index contributed by atoms with van der Waals surface area (Å²) in [5.41, 5.74) is 3.81. The molecule has 3 rings (SSSR count). The number of carbonyl (C=O) groups excluding carboxylic acids is 1. The molecule has 101 valence electrons. The fourth-order valence-electron chi connectivity index (χ4n) is 2.25. The van der Waals surface area contributed by atoms with Gasteiger partial charge in [0.05, 0.1) is 0 Å². The third-order valence-electron chi connectivity index (χ3n) is 3.26. The van der Waals surface area contributed by atoms with Gasteiger partial charge in [0.25, 0.3) is 0 Å². The van der Waals surface area contributed by atoms with E-state index in [0.29, 0.717) is 5.56 Å². The molecule has 2 heteroatoms. The summed E-state index contributed by atoms with van der Waals surface area (Å²) >= 11 is 0. The smallest absolute Gasteiger partial charge is 0.150 e. The van der Waals surface area contributed by atoms with Gasteiger partial charge in [-0.2, -0.15) is 0 Å². The molecule has 0 saturated carbocycles. The van der Waals surface area contributed by atoms with Gasteiger partial charge in [0, 0.05) is 22.6 Å². The summed E-state index contributed by atoms with van der Waals surface area (Å²) in [7, 11) is 0. The second kappa shape index (κ2) is 6.06. The third-order valence-corrected chi connectivity index (χ3v) is 3.26. The lowest BCUT2D eigenvalue weighted by molar-refractivity contribution is 0.112. The van der Waals surface area contributed by atoms with Crippen molar-refractivity contribution in [3.63, 3.8) is 0 Å². The highest BCUT2D eigenvalue weighted by molar-refractivity contribution is 5.80. The summed E-state index contributed by atoms with van der Waals surface area (Å²) < 4.78 is 0. The van der Waals surface area contributed by atoms with Crippen molar-refractivity contribution >= 4 is 23.3 Å². The molecule has 0 aliphatic rings. The Balaban J connectivity index is 2.09. The number of aldehydes is 1. The summed E-state index contributed by atoms with van der Waals surface area (Å²) in [5, 5.41) is 0. The summed E-state index contributed by atoms with van der Waals surface area (Å²) in [5.74, 6) is 0. The van der Waals surface area contributed by atoms with Crippen LogP contribution < -0.4 is 4.90 Å². The molecule has 0 spiro atoms. The molecule has 0 saturated heterocycles. The molecule has 21 heavy (non-hydrogen) atoms. The van der Waals surface area contributed by atoms with Crippen LogP contribution in [0, 0.1) is 6.07 Å². The number of rotatable bonds is 4. The van der Waals surface area contributed by atoms with Gasteiger partial charge in [-0.1, -0.05) is 30.3 Å². The number of para-hydroxylation sites is 1. The zero-order chi connectivity index (χ0) is 14.5. The Morgan fingerprint density at radius 1 is 0.714 bits per heavy atom. The summed E-state index contributed by atoms with van der Waals surface area (Å²) in [4.78, 5) is 13.0. The van der Waals surface area contributed by atoms with Crippen molar-refractivity contribution in [3.05, 3.63) is 90.5 Å². The van der Waals surface area contributed by atoms with Crippen LogP contribution in [0.25, 0.3) is 0 Å². The normalized spacial score (nSPS) is 10.1. The number of benzene rings is 3. The molecule has 0 unspecified atom stereocenters. The number of hydrogen-bond donors (Lipinski definition) is 0. The van der Waals surface area contributed by atoms with Crippen molar-refractivity contribution < 1.29 is 4.79 Å². The molecule has 0 bridgehead atoms. The van der Waals surface area contributed by atoms with Crippen LogP contribution >= 0.6 is 0 Å². The quantitative estimate of drug-likeness (QED) is 0.638. The van der Waals surface area contributed by atoms with Crippen LogP contribution in [0.4, 0.5) is 17.1 Å². The maximum atomic E-state index is 10.8. The van der Waals surface area contributed by atoms with Crippen LogP contribution in [0.1, 0.15) is 10.4 Å². The fraction of sp³-hybridized carbons (Fsp3) is 0. The molecular formula is C19H14NO. The Bertz CT molecular complexity index is 666. The van der Waals surface area contributed by atoms with E-state index < -0.39 is 0 Å². The number of carbonyl (C=O) groups is 1. The van der Waals surface area contributed by atoms with E-state index in [2.05, 4.69) is 23.1 Å². The van der Waals surface area contributed by atoms with Crippen molar-refractivity contribution in [1.29, 1.82) is 0 Å². The average Bonchev–Trinajstić information content (AvgIpc) is 2.58. The number of hydrogen-bond acceptors (Lipinski definition) is 2. The maximum absolute atomic E-state index is 10.8. The first-order chi connectivity index (χ1) is 10.4. The van der Waals surface area contributed by atoms with Gasteiger partial charge in [-0.05, 0) is 54.6 Å². The molecule has 0 aliphatic heterocycles. The Morgan fingerprint density at radius 2 is 1.29 bits per heavy atom. The maximum Gasteiger partial charge on any atom is 0.150 e. The zero-order valence-electron chi connectivity index (χ0n) is 11.4. The van der Waals surface area contributed by atoms with E-state index in [-0.39, 0.29) is 0 Å². The average molecular weight is 272 g/mol. The largest absolute Gasteiger partial charge is 0.311 e. The van der Waals surface area contributed by atoms with Crippen molar-refractivity contribution in [2.45, 2.75) is 0 Å².